The quantitative estimate of drug-likeness (QED) is 0.543. The molecule has 0 rings (SSSR count). The molecule has 0 aromatic heterocycles. The van der Waals surface area contributed by atoms with Crippen LogP contribution in [0.4, 0.5) is 22.0 Å². The van der Waals surface area contributed by atoms with Gasteiger partial charge in [-0.15, -0.1) is 0 Å². The van der Waals surface area contributed by atoms with Crippen molar-refractivity contribution in [3.63, 3.8) is 0 Å². The van der Waals surface area contributed by atoms with Crippen molar-refractivity contribution in [2.24, 2.45) is 0 Å². The Hall–Kier alpha value is -0.480. The molecule has 0 fully saturated rings. The molecular formula is C3H3F5O4S. The fourth-order valence-corrected chi connectivity index (χ4v) is 0.759. The normalized spacial score (nSPS) is 18.8. The summed E-state index contributed by atoms with van der Waals surface area (Å²) < 4.78 is 85.7. The first kappa shape index (κ1) is 12.5. The fourth-order valence-electron chi connectivity index (χ4n) is 0.308. The number of halogens is 5. The van der Waals surface area contributed by atoms with Crippen LogP contribution in [0.15, 0.2) is 0 Å². The van der Waals surface area contributed by atoms with E-state index < -0.39 is 27.7 Å². The second-order valence-electron chi connectivity index (χ2n) is 1.97. The summed E-state index contributed by atoms with van der Waals surface area (Å²) in [6.45, 7) is 0. The smallest absolute Gasteiger partial charge is 0.352 e. The van der Waals surface area contributed by atoms with E-state index in [1.54, 1.807) is 0 Å². The number of rotatable bonds is 3. The van der Waals surface area contributed by atoms with Gasteiger partial charge in [0.15, 0.2) is 0 Å². The molecule has 1 atom stereocenters. The first-order chi connectivity index (χ1) is 5.44. The van der Waals surface area contributed by atoms with Crippen molar-refractivity contribution in [1.82, 2.24) is 0 Å². The maximum Gasteiger partial charge on any atom is 0.432 e. The maximum absolute atomic E-state index is 12.0. The summed E-state index contributed by atoms with van der Waals surface area (Å²) in [7, 11) is -6.44. The zero-order chi connectivity index (χ0) is 11.1. The van der Waals surface area contributed by atoms with E-state index in [2.05, 4.69) is 0 Å². The molecule has 0 radical (unpaired) electrons. The van der Waals surface area contributed by atoms with Gasteiger partial charge in [0.1, 0.15) is 0 Å². The first-order valence-electron chi connectivity index (χ1n) is 2.49. The Morgan fingerprint density at radius 3 is 1.54 bits per heavy atom. The maximum atomic E-state index is 12.0. The third-order valence-corrected chi connectivity index (χ3v) is 1.96. The first-order valence-corrected chi connectivity index (χ1v) is 3.93. The second-order valence-corrected chi connectivity index (χ2v) is 3.43. The molecular weight excluding hydrogens is 227 g/mol. The zero-order valence-electron chi connectivity index (χ0n) is 5.59. The van der Waals surface area contributed by atoms with E-state index in [-0.39, 0.29) is 0 Å². The average Bonchev–Trinajstić information content (AvgIpc) is 1.84. The summed E-state index contributed by atoms with van der Waals surface area (Å²) in [4.78, 5) is 0. The van der Waals surface area contributed by atoms with Crippen molar-refractivity contribution in [3.8, 4) is 0 Å². The highest BCUT2D eigenvalue weighted by Gasteiger charge is 2.69. The number of alkyl halides is 5. The minimum atomic E-state index is -6.44. The van der Waals surface area contributed by atoms with Crippen LogP contribution in [0, 0.1) is 0 Å². The molecule has 0 saturated carbocycles. The Labute approximate surface area is 68.7 Å². The van der Waals surface area contributed by atoms with Crippen LogP contribution >= 0.6 is 0 Å². The lowest BCUT2D eigenvalue weighted by Gasteiger charge is -2.24. The van der Waals surface area contributed by atoms with Crippen molar-refractivity contribution in [3.05, 3.63) is 0 Å². The second kappa shape index (κ2) is 3.03. The molecule has 2 N–H and O–H groups in total. The van der Waals surface area contributed by atoms with Crippen LogP contribution in [-0.2, 0) is 10.1 Å². The molecule has 0 aliphatic rings. The van der Waals surface area contributed by atoms with Crippen LogP contribution in [0.5, 0.6) is 0 Å². The van der Waals surface area contributed by atoms with E-state index in [0.717, 1.165) is 0 Å². The topological polar surface area (TPSA) is 74.6 Å². The highest BCUT2D eigenvalue weighted by atomic mass is 32.2. The van der Waals surface area contributed by atoms with Crippen molar-refractivity contribution in [1.29, 1.82) is 0 Å². The van der Waals surface area contributed by atoms with Crippen LogP contribution in [0.2, 0.25) is 0 Å². The van der Waals surface area contributed by atoms with E-state index in [0.29, 0.717) is 0 Å². The average molecular weight is 230 g/mol. The van der Waals surface area contributed by atoms with E-state index >= 15 is 0 Å². The van der Waals surface area contributed by atoms with Crippen molar-refractivity contribution >= 4 is 10.1 Å². The minimum absolute atomic E-state index is 4.68. The van der Waals surface area contributed by atoms with E-state index in [1.807, 2.05) is 0 Å². The van der Waals surface area contributed by atoms with Crippen molar-refractivity contribution in [2.45, 2.75) is 17.5 Å². The summed E-state index contributed by atoms with van der Waals surface area (Å²) in [5.41, 5.74) is 0. The molecule has 0 aromatic carbocycles. The lowest BCUT2D eigenvalue weighted by Crippen LogP contribution is -2.54. The zero-order valence-corrected chi connectivity index (χ0v) is 6.40. The molecule has 13 heavy (non-hydrogen) atoms. The molecule has 0 aromatic rings. The Bertz CT molecular complexity index is 282. The molecule has 0 saturated heterocycles. The molecule has 80 valence electrons. The van der Waals surface area contributed by atoms with Gasteiger partial charge < -0.3 is 5.11 Å². The van der Waals surface area contributed by atoms with Gasteiger partial charge in [0.25, 0.3) is 0 Å². The molecule has 0 aliphatic carbocycles. The molecule has 4 nitrogen and oxygen atoms in total. The number of hydrogen-bond acceptors (Lipinski definition) is 3. The van der Waals surface area contributed by atoms with Gasteiger partial charge >= 0.3 is 27.7 Å². The summed E-state index contributed by atoms with van der Waals surface area (Å²) in [5.74, 6) is -5.62. The molecule has 0 amide bonds. The van der Waals surface area contributed by atoms with Gasteiger partial charge in [0.05, 0.1) is 0 Å². The Morgan fingerprint density at radius 2 is 1.46 bits per heavy atom. The van der Waals surface area contributed by atoms with E-state index in [4.69, 9.17) is 9.66 Å². The summed E-state index contributed by atoms with van der Waals surface area (Å²) in [6.07, 6.45) is -4.68. The monoisotopic (exact) mass is 230 g/mol. The van der Waals surface area contributed by atoms with Gasteiger partial charge in [-0.25, -0.2) is 8.78 Å². The van der Waals surface area contributed by atoms with Gasteiger partial charge in [-0.05, 0) is 0 Å². The molecule has 0 spiro atoms. The van der Waals surface area contributed by atoms with Crippen molar-refractivity contribution < 1.29 is 40.0 Å². The number of aliphatic hydroxyl groups is 1. The lowest BCUT2D eigenvalue weighted by molar-refractivity contribution is -0.271. The van der Waals surface area contributed by atoms with Gasteiger partial charge in [0, 0.05) is 0 Å². The highest BCUT2D eigenvalue weighted by Crippen LogP contribution is 2.38. The highest BCUT2D eigenvalue weighted by molar-refractivity contribution is 7.87. The standard InChI is InChI=1S/C3H3F5O4S/c4-1(5)2(6,9)3(7,8)13(10,11)12/h1,9H,(H,10,11,12). The Kier molecular flexibility index (Phi) is 2.92. The van der Waals surface area contributed by atoms with Crippen LogP contribution in [-0.4, -0.2) is 35.6 Å². The van der Waals surface area contributed by atoms with Crippen LogP contribution < -0.4 is 0 Å². The van der Waals surface area contributed by atoms with Gasteiger partial charge in [0.2, 0.25) is 0 Å². The molecule has 1 unspecified atom stereocenters. The molecule has 0 aliphatic heterocycles. The Morgan fingerprint density at radius 1 is 1.15 bits per heavy atom. The Balaban J connectivity index is 5.29. The third-order valence-electron chi connectivity index (χ3n) is 1.02. The largest absolute Gasteiger partial charge is 0.432 e. The minimum Gasteiger partial charge on any atom is -0.352 e. The predicted octanol–water partition coefficient (Wildman–Crippen LogP) is 0.390. The van der Waals surface area contributed by atoms with E-state index in [9.17, 15) is 30.4 Å². The molecule has 10 heteroatoms. The van der Waals surface area contributed by atoms with Crippen LogP contribution in [0.25, 0.3) is 0 Å². The molecule has 0 bridgehead atoms. The van der Waals surface area contributed by atoms with Crippen molar-refractivity contribution in [2.75, 3.05) is 0 Å². The van der Waals surface area contributed by atoms with E-state index in [1.165, 1.54) is 0 Å². The summed E-state index contributed by atoms with van der Waals surface area (Å²) in [6, 6.07) is 0. The predicted molar refractivity (Wildman–Crippen MR) is 28.6 cm³/mol. The van der Waals surface area contributed by atoms with Gasteiger partial charge in [-0.2, -0.15) is 21.6 Å². The van der Waals surface area contributed by atoms with Gasteiger partial charge in [-0.3, -0.25) is 4.55 Å². The summed E-state index contributed by atoms with van der Waals surface area (Å²) >= 11 is 0. The third kappa shape index (κ3) is 1.89. The lowest BCUT2D eigenvalue weighted by atomic mass is 10.3. The van der Waals surface area contributed by atoms with Crippen LogP contribution in [0.1, 0.15) is 0 Å². The van der Waals surface area contributed by atoms with Gasteiger partial charge in [-0.1, -0.05) is 0 Å². The number of hydrogen-bond donors (Lipinski definition) is 2. The summed E-state index contributed by atoms with van der Waals surface area (Å²) in [5, 5.41) is 1.77. The van der Waals surface area contributed by atoms with Crippen LogP contribution in [0.3, 0.4) is 0 Å². The molecule has 0 heterocycles. The SMILES string of the molecule is O=S(=O)(O)C(F)(F)C(O)(F)C(F)F. The fraction of sp³-hybridized carbons (Fsp3) is 1.00.